The van der Waals surface area contributed by atoms with Gasteiger partial charge in [-0.1, -0.05) is 24.3 Å². The summed E-state index contributed by atoms with van der Waals surface area (Å²) in [7, 11) is 1.70. The molecule has 1 saturated carbocycles. The normalized spacial score (nSPS) is 29.1. The molecule has 114 valence electrons. The van der Waals surface area contributed by atoms with Gasteiger partial charge in [-0.15, -0.1) is 0 Å². The molecule has 3 rings (SSSR count). The van der Waals surface area contributed by atoms with Crippen LogP contribution in [0.4, 0.5) is 0 Å². The Morgan fingerprint density at radius 3 is 2.48 bits per heavy atom. The van der Waals surface area contributed by atoms with Crippen LogP contribution in [-0.2, 0) is 22.4 Å². The van der Waals surface area contributed by atoms with Crippen molar-refractivity contribution in [2.75, 3.05) is 7.11 Å². The molecule has 0 aromatic heterocycles. The predicted molar refractivity (Wildman–Crippen MR) is 81.9 cm³/mol. The van der Waals surface area contributed by atoms with Crippen LogP contribution in [-0.4, -0.2) is 31.2 Å². The monoisotopic (exact) mass is 288 g/mol. The zero-order valence-corrected chi connectivity index (χ0v) is 12.5. The molecule has 4 nitrogen and oxygen atoms in total. The Balaban J connectivity index is 1.54. The van der Waals surface area contributed by atoms with Crippen LogP contribution in [0.3, 0.4) is 0 Å². The fraction of sp³-hybridized carbons (Fsp3) is 0.588. The highest BCUT2D eigenvalue weighted by Gasteiger charge is 2.33. The SMILES string of the molecule is CO[C@@H]1CC[C@H](C(=O)NC2Cc3ccccc3C2)C[C@H]1N. The van der Waals surface area contributed by atoms with Crippen LogP contribution in [0.25, 0.3) is 0 Å². The number of fused-ring (bicyclic) bond motifs is 1. The summed E-state index contributed by atoms with van der Waals surface area (Å²) in [4.78, 5) is 12.4. The van der Waals surface area contributed by atoms with E-state index in [0.717, 1.165) is 32.1 Å². The summed E-state index contributed by atoms with van der Waals surface area (Å²) < 4.78 is 5.35. The van der Waals surface area contributed by atoms with Crippen LogP contribution in [0.5, 0.6) is 0 Å². The third kappa shape index (κ3) is 3.11. The van der Waals surface area contributed by atoms with E-state index in [9.17, 15) is 4.79 Å². The molecule has 0 heterocycles. The number of hydrogen-bond acceptors (Lipinski definition) is 3. The first-order valence-corrected chi connectivity index (χ1v) is 7.83. The van der Waals surface area contributed by atoms with Gasteiger partial charge in [0.05, 0.1) is 6.10 Å². The van der Waals surface area contributed by atoms with Gasteiger partial charge in [0.1, 0.15) is 0 Å². The minimum atomic E-state index is -0.0275. The molecule has 0 aliphatic heterocycles. The predicted octanol–water partition coefficient (Wildman–Crippen LogP) is 1.41. The largest absolute Gasteiger partial charge is 0.380 e. The third-order valence-corrected chi connectivity index (χ3v) is 4.90. The summed E-state index contributed by atoms with van der Waals surface area (Å²) >= 11 is 0. The van der Waals surface area contributed by atoms with Crippen molar-refractivity contribution < 1.29 is 9.53 Å². The van der Waals surface area contributed by atoms with E-state index in [1.54, 1.807) is 7.11 Å². The van der Waals surface area contributed by atoms with Gasteiger partial charge in [-0.2, -0.15) is 0 Å². The molecular formula is C17H24N2O2. The lowest BCUT2D eigenvalue weighted by atomic mass is 9.83. The second-order valence-electron chi connectivity index (χ2n) is 6.33. The summed E-state index contributed by atoms with van der Waals surface area (Å²) in [6, 6.07) is 8.65. The van der Waals surface area contributed by atoms with Gasteiger partial charge in [0.2, 0.25) is 5.91 Å². The van der Waals surface area contributed by atoms with Crippen molar-refractivity contribution in [2.24, 2.45) is 11.7 Å². The fourth-order valence-electron chi connectivity index (χ4n) is 3.69. The highest BCUT2D eigenvalue weighted by atomic mass is 16.5. The number of hydrogen-bond donors (Lipinski definition) is 2. The van der Waals surface area contributed by atoms with Crippen molar-refractivity contribution in [1.29, 1.82) is 0 Å². The molecule has 0 spiro atoms. The molecule has 1 amide bonds. The molecule has 3 N–H and O–H groups in total. The highest BCUT2D eigenvalue weighted by molar-refractivity contribution is 5.79. The average molecular weight is 288 g/mol. The molecule has 4 heteroatoms. The number of methoxy groups -OCH3 is 1. The van der Waals surface area contributed by atoms with E-state index in [0.29, 0.717) is 0 Å². The molecular weight excluding hydrogens is 264 g/mol. The van der Waals surface area contributed by atoms with Gasteiger partial charge in [0.15, 0.2) is 0 Å². The van der Waals surface area contributed by atoms with E-state index < -0.39 is 0 Å². The minimum absolute atomic E-state index is 0.0275. The first-order valence-electron chi connectivity index (χ1n) is 7.83. The van der Waals surface area contributed by atoms with Crippen molar-refractivity contribution in [3.05, 3.63) is 35.4 Å². The van der Waals surface area contributed by atoms with Gasteiger partial charge >= 0.3 is 0 Å². The number of benzene rings is 1. The van der Waals surface area contributed by atoms with Gasteiger partial charge in [-0.05, 0) is 43.2 Å². The fourth-order valence-corrected chi connectivity index (χ4v) is 3.69. The topological polar surface area (TPSA) is 64.3 Å². The van der Waals surface area contributed by atoms with Crippen molar-refractivity contribution in [1.82, 2.24) is 5.32 Å². The molecule has 2 aliphatic rings. The van der Waals surface area contributed by atoms with Crippen molar-refractivity contribution in [2.45, 2.75) is 50.3 Å². The van der Waals surface area contributed by atoms with E-state index in [1.807, 2.05) is 0 Å². The molecule has 1 fully saturated rings. The number of carbonyl (C=O) groups is 1. The Bertz CT molecular complexity index is 492. The smallest absolute Gasteiger partial charge is 0.223 e. The quantitative estimate of drug-likeness (QED) is 0.884. The van der Waals surface area contributed by atoms with E-state index in [1.165, 1.54) is 11.1 Å². The number of rotatable bonds is 3. The van der Waals surface area contributed by atoms with Crippen LogP contribution in [0.1, 0.15) is 30.4 Å². The molecule has 0 bridgehead atoms. The van der Waals surface area contributed by atoms with Gasteiger partial charge < -0.3 is 15.8 Å². The lowest BCUT2D eigenvalue weighted by molar-refractivity contribution is -0.127. The molecule has 21 heavy (non-hydrogen) atoms. The Kier molecular flexibility index (Phi) is 4.27. The lowest BCUT2D eigenvalue weighted by Crippen LogP contribution is -2.47. The lowest BCUT2D eigenvalue weighted by Gasteiger charge is -2.32. The molecule has 0 saturated heterocycles. The van der Waals surface area contributed by atoms with Gasteiger partial charge in [0.25, 0.3) is 0 Å². The van der Waals surface area contributed by atoms with Gasteiger partial charge in [-0.3, -0.25) is 4.79 Å². The van der Waals surface area contributed by atoms with E-state index in [2.05, 4.69) is 29.6 Å². The first kappa shape index (κ1) is 14.5. The third-order valence-electron chi connectivity index (χ3n) is 4.90. The summed E-state index contributed by atoms with van der Waals surface area (Å²) in [5.74, 6) is 0.202. The second-order valence-corrected chi connectivity index (χ2v) is 6.33. The zero-order valence-electron chi connectivity index (χ0n) is 12.5. The van der Waals surface area contributed by atoms with Crippen LogP contribution in [0.15, 0.2) is 24.3 Å². The molecule has 0 unspecified atom stereocenters. The maximum absolute atomic E-state index is 12.4. The number of carbonyl (C=O) groups excluding carboxylic acids is 1. The number of nitrogens with one attached hydrogen (secondary N) is 1. The van der Waals surface area contributed by atoms with Crippen molar-refractivity contribution >= 4 is 5.91 Å². The van der Waals surface area contributed by atoms with Gasteiger partial charge in [0, 0.05) is 25.1 Å². The summed E-state index contributed by atoms with van der Waals surface area (Å²) in [6.45, 7) is 0. The molecule has 0 radical (unpaired) electrons. The number of ether oxygens (including phenoxy) is 1. The zero-order chi connectivity index (χ0) is 14.8. The van der Waals surface area contributed by atoms with E-state index in [4.69, 9.17) is 10.5 Å². The molecule has 2 aliphatic carbocycles. The first-order chi connectivity index (χ1) is 10.2. The minimum Gasteiger partial charge on any atom is -0.380 e. The van der Waals surface area contributed by atoms with Crippen molar-refractivity contribution in [3.8, 4) is 0 Å². The van der Waals surface area contributed by atoms with E-state index >= 15 is 0 Å². The number of nitrogens with two attached hydrogens (primary N) is 1. The Labute approximate surface area is 126 Å². The molecule has 3 atom stereocenters. The maximum atomic E-state index is 12.4. The van der Waals surface area contributed by atoms with Crippen LogP contribution >= 0.6 is 0 Å². The van der Waals surface area contributed by atoms with E-state index in [-0.39, 0.29) is 30.0 Å². The maximum Gasteiger partial charge on any atom is 0.223 e. The standard InChI is InChI=1S/C17H24N2O2/c1-21-16-7-6-13(10-15(16)18)17(20)19-14-8-11-4-2-3-5-12(11)9-14/h2-5,13-16H,6-10,18H2,1H3,(H,19,20)/t13-,15+,16+/m0/s1. The number of amides is 1. The van der Waals surface area contributed by atoms with Crippen molar-refractivity contribution in [3.63, 3.8) is 0 Å². The molecule has 1 aromatic rings. The second kappa shape index (κ2) is 6.16. The summed E-state index contributed by atoms with van der Waals surface area (Å²) in [5, 5.41) is 3.21. The van der Waals surface area contributed by atoms with Crippen LogP contribution in [0, 0.1) is 5.92 Å². The average Bonchev–Trinajstić information content (AvgIpc) is 2.89. The molecule has 1 aromatic carbocycles. The Morgan fingerprint density at radius 2 is 1.90 bits per heavy atom. The van der Waals surface area contributed by atoms with Crippen LogP contribution in [0.2, 0.25) is 0 Å². The summed E-state index contributed by atoms with van der Waals surface area (Å²) in [6.07, 6.45) is 4.47. The Hall–Kier alpha value is -1.39. The highest BCUT2D eigenvalue weighted by Crippen LogP contribution is 2.27. The van der Waals surface area contributed by atoms with Gasteiger partial charge in [-0.25, -0.2) is 0 Å². The Morgan fingerprint density at radius 1 is 1.24 bits per heavy atom. The van der Waals surface area contributed by atoms with Crippen LogP contribution < -0.4 is 11.1 Å². The summed E-state index contributed by atoms with van der Waals surface area (Å²) in [5.41, 5.74) is 8.82.